The van der Waals surface area contributed by atoms with E-state index in [2.05, 4.69) is 9.97 Å². The zero-order valence-corrected chi connectivity index (χ0v) is 12.7. The van der Waals surface area contributed by atoms with Gasteiger partial charge in [-0.15, -0.1) is 11.3 Å². The average molecular weight is 335 g/mol. The highest BCUT2D eigenvalue weighted by atomic mass is 32.1. The Morgan fingerprint density at radius 1 is 1.35 bits per heavy atom. The molecule has 1 aliphatic heterocycles. The molecule has 1 aliphatic rings. The summed E-state index contributed by atoms with van der Waals surface area (Å²) in [4.78, 5) is 9.54. The molecule has 0 spiro atoms. The van der Waals surface area contributed by atoms with Crippen LogP contribution in [0.15, 0.2) is 36.1 Å². The molecule has 3 aromatic rings. The van der Waals surface area contributed by atoms with Crippen LogP contribution in [0.2, 0.25) is 0 Å². The van der Waals surface area contributed by atoms with E-state index in [0.29, 0.717) is 5.65 Å². The first-order valence-corrected chi connectivity index (χ1v) is 8.02. The fourth-order valence-corrected chi connectivity index (χ4v) is 3.60. The van der Waals surface area contributed by atoms with E-state index in [0.717, 1.165) is 16.0 Å². The van der Waals surface area contributed by atoms with Gasteiger partial charge in [-0.3, -0.25) is 0 Å². The van der Waals surface area contributed by atoms with Crippen molar-refractivity contribution in [2.75, 3.05) is 6.61 Å². The topological polar surface area (TPSA) is 80.4 Å². The minimum Gasteiger partial charge on any atom is -0.394 e. The van der Waals surface area contributed by atoms with Gasteiger partial charge in [-0.2, -0.15) is 0 Å². The molecule has 4 heterocycles. The molecule has 0 saturated carbocycles. The molecule has 2 N–H and O–H groups in total. The molecule has 4 rings (SSSR count). The first-order valence-electron chi connectivity index (χ1n) is 7.14. The second-order valence-electron chi connectivity index (χ2n) is 5.34. The molecule has 0 aliphatic carbocycles. The smallest absolute Gasteiger partial charge is 0.173 e. The number of aliphatic hydroxyl groups is 2. The Balaban J connectivity index is 1.80. The summed E-state index contributed by atoms with van der Waals surface area (Å²) < 4.78 is 21.3. The SMILES string of the molecule is OC[C@H]1O[C@@H](n2ccc3c(-c4cccs4)ncnc32)[C@H](F)[C@@H]1O. The second kappa shape index (κ2) is 5.64. The number of thiophene rings is 1. The van der Waals surface area contributed by atoms with Gasteiger partial charge in [-0.25, -0.2) is 14.4 Å². The molecule has 0 bridgehead atoms. The number of ether oxygens (including phenoxy) is 1. The monoisotopic (exact) mass is 335 g/mol. The molecule has 1 fully saturated rings. The van der Waals surface area contributed by atoms with Crippen molar-refractivity contribution in [1.29, 1.82) is 0 Å². The molecule has 23 heavy (non-hydrogen) atoms. The van der Waals surface area contributed by atoms with E-state index in [1.54, 1.807) is 23.6 Å². The number of fused-ring (bicyclic) bond motifs is 1. The van der Waals surface area contributed by atoms with Crippen molar-refractivity contribution >= 4 is 22.4 Å². The van der Waals surface area contributed by atoms with Crippen LogP contribution in [0.1, 0.15) is 6.23 Å². The highest BCUT2D eigenvalue weighted by Crippen LogP contribution is 2.36. The largest absolute Gasteiger partial charge is 0.394 e. The Bertz CT molecular complexity index is 823. The fourth-order valence-electron chi connectivity index (χ4n) is 2.86. The van der Waals surface area contributed by atoms with Gasteiger partial charge >= 0.3 is 0 Å². The number of aromatic nitrogens is 3. The molecule has 8 heteroatoms. The van der Waals surface area contributed by atoms with E-state index in [1.807, 2.05) is 17.5 Å². The van der Waals surface area contributed by atoms with Gasteiger partial charge in [0.1, 0.15) is 24.2 Å². The lowest BCUT2D eigenvalue weighted by atomic mass is 10.1. The number of rotatable bonds is 3. The second-order valence-corrected chi connectivity index (χ2v) is 6.29. The molecule has 120 valence electrons. The zero-order valence-electron chi connectivity index (χ0n) is 11.9. The highest BCUT2D eigenvalue weighted by molar-refractivity contribution is 7.13. The number of halogens is 1. The van der Waals surface area contributed by atoms with Crippen LogP contribution in [0.4, 0.5) is 4.39 Å². The predicted molar refractivity (Wildman–Crippen MR) is 82.7 cm³/mol. The van der Waals surface area contributed by atoms with Crippen molar-refractivity contribution in [3.8, 4) is 10.6 Å². The van der Waals surface area contributed by atoms with Gasteiger partial charge in [-0.1, -0.05) is 6.07 Å². The first kappa shape index (κ1) is 14.7. The maximum absolute atomic E-state index is 14.3. The Kier molecular flexibility index (Phi) is 3.61. The fraction of sp³-hybridized carbons (Fsp3) is 0.333. The number of alkyl halides is 1. The summed E-state index contributed by atoms with van der Waals surface area (Å²) in [6.07, 6.45) is -1.86. The van der Waals surface area contributed by atoms with Gasteiger partial charge in [0, 0.05) is 11.6 Å². The normalized spacial score (nSPS) is 27.8. The lowest BCUT2D eigenvalue weighted by molar-refractivity contribution is -0.0457. The van der Waals surface area contributed by atoms with Crippen LogP contribution in [0.5, 0.6) is 0 Å². The first-order chi connectivity index (χ1) is 11.2. The van der Waals surface area contributed by atoms with Crippen LogP contribution >= 0.6 is 11.3 Å². The van der Waals surface area contributed by atoms with E-state index in [4.69, 9.17) is 9.84 Å². The van der Waals surface area contributed by atoms with Crippen molar-refractivity contribution < 1.29 is 19.3 Å². The number of nitrogens with zero attached hydrogens (tertiary/aromatic N) is 3. The number of aliphatic hydroxyl groups excluding tert-OH is 2. The molecule has 0 amide bonds. The van der Waals surface area contributed by atoms with Crippen molar-refractivity contribution in [1.82, 2.24) is 14.5 Å². The van der Waals surface area contributed by atoms with Gasteiger partial charge in [-0.05, 0) is 17.5 Å². The van der Waals surface area contributed by atoms with Crippen molar-refractivity contribution in [2.24, 2.45) is 0 Å². The molecule has 6 nitrogen and oxygen atoms in total. The van der Waals surface area contributed by atoms with Crippen molar-refractivity contribution in [3.63, 3.8) is 0 Å². The molecular weight excluding hydrogens is 321 g/mol. The van der Waals surface area contributed by atoms with E-state index in [1.165, 1.54) is 10.9 Å². The van der Waals surface area contributed by atoms with Gasteiger partial charge in [0.15, 0.2) is 12.4 Å². The third-order valence-corrected chi connectivity index (χ3v) is 4.89. The van der Waals surface area contributed by atoms with Crippen LogP contribution < -0.4 is 0 Å². The van der Waals surface area contributed by atoms with Gasteiger partial charge in [0.2, 0.25) is 0 Å². The van der Waals surface area contributed by atoms with Crippen LogP contribution in [-0.4, -0.2) is 49.7 Å². The molecule has 0 unspecified atom stereocenters. The van der Waals surface area contributed by atoms with E-state index >= 15 is 0 Å². The Labute approximate surface area is 134 Å². The molecule has 3 aromatic heterocycles. The summed E-state index contributed by atoms with van der Waals surface area (Å²) in [6, 6.07) is 5.70. The average Bonchev–Trinajstić information content (AvgIpc) is 3.28. The van der Waals surface area contributed by atoms with Crippen molar-refractivity contribution in [3.05, 3.63) is 36.1 Å². The quantitative estimate of drug-likeness (QED) is 0.762. The summed E-state index contributed by atoms with van der Waals surface area (Å²) >= 11 is 1.56. The third kappa shape index (κ3) is 2.26. The van der Waals surface area contributed by atoms with Gasteiger partial charge < -0.3 is 19.5 Å². The third-order valence-electron chi connectivity index (χ3n) is 4.01. The van der Waals surface area contributed by atoms with Crippen LogP contribution in [0.3, 0.4) is 0 Å². The lowest BCUT2D eigenvalue weighted by Crippen LogP contribution is -2.30. The van der Waals surface area contributed by atoms with Crippen LogP contribution in [0, 0.1) is 0 Å². The van der Waals surface area contributed by atoms with Crippen molar-refractivity contribution in [2.45, 2.75) is 24.6 Å². The summed E-state index contributed by atoms with van der Waals surface area (Å²) in [5, 5.41) is 21.7. The van der Waals surface area contributed by atoms with E-state index in [-0.39, 0.29) is 0 Å². The highest BCUT2D eigenvalue weighted by Gasteiger charge is 2.45. The number of hydrogen-bond acceptors (Lipinski definition) is 6. The Hall–Kier alpha value is -1.87. The van der Waals surface area contributed by atoms with Gasteiger partial charge in [0.25, 0.3) is 0 Å². The van der Waals surface area contributed by atoms with Gasteiger partial charge in [0.05, 0.1) is 17.2 Å². The van der Waals surface area contributed by atoms with Crippen LogP contribution in [-0.2, 0) is 4.74 Å². The molecule has 4 atom stereocenters. The lowest BCUT2D eigenvalue weighted by Gasteiger charge is -2.16. The Morgan fingerprint density at radius 2 is 2.22 bits per heavy atom. The minimum absolute atomic E-state index is 0.438. The summed E-state index contributed by atoms with van der Waals surface area (Å²) in [5.41, 5.74) is 1.30. The standard InChI is InChI=1S/C15H14FN3O3S/c16-11-13(21)9(6-20)22-15(11)19-4-3-8-12(10-2-1-5-23-10)17-7-18-14(8)19/h1-5,7,9,11,13,15,20-21H,6H2/t9-,11-,13-,15-/m1/s1. The maximum atomic E-state index is 14.3. The van der Waals surface area contributed by atoms with E-state index in [9.17, 15) is 9.50 Å². The number of hydrogen-bond donors (Lipinski definition) is 2. The molecule has 0 radical (unpaired) electrons. The zero-order chi connectivity index (χ0) is 16.0. The molecule has 1 saturated heterocycles. The summed E-state index contributed by atoms with van der Waals surface area (Å²) in [5.74, 6) is 0. The minimum atomic E-state index is -1.64. The molecule has 0 aromatic carbocycles. The predicted octanol–water partition coefficient (Wildman–Crippen LogP) is 1.75. The Morgan fingerprint density at radius 3 is 2.91 bits per heavy atom. The summed E-state index contributed by atoms with van der Waals surface area (Å²) in [7, 11) is 0. The maximum Gasteiger partial charge on any atom is 0.173 e. The summed E-state index contributed by atoms with van der Waals surface area (Å²) in [6.45, 7) is -0.438. The molecular formula is C15H14FN3O3S. The van der Waals surface area contributed by atoms with Crippen LogP contribution in [0.25, 0.3) is 21.6 Å². The van der Waals surface area contributed by atoms with E-state index < -0.39 is 31.2 Å².